The van der Waals surface area contributed by atoms with Crippen molar-refractivity contribution in [2.24, 2.45) is 16.6 Å². The van der Waals surface area contributed by atoms with Gasteiger partial charge in [0.15, 0.2) is 15.0 Å². The number of amides is 2. The highest BCUT2D eigenvalue weighted by Gasteiger charge is 2.42. The Balaban J connectivity index is 1.35. The Kier molecular flexibility index (Phi) is 5.09. The number of rotatable bonds is 3. The summed E-state index contributed by atoms with van der Waals surface area (Å²) in [4.78, 5) is 30.1. The predicted octanol–water partition coefficient (Wildman–Crippen LogP) is 0.704. The molecule has 4 rings (SSSR count). The Bertz CT molecular complexity index is 921. The van der Waals surface area contributed by atoms with Crippen LogP contribution in [0.5, 0.6) is 0 Å². The first-order valence-corrected chi connectivity index (χ1v) is 11.9. The number of hydrogen-bond donors (Lipinski definition) is 2. The molecule has 0 radical (unpaired) electrons. The van der Waals surface area contributed by atoms with E-state index in [1.165, 1.54) is 11.8 Å². The van der Waals surface area contributed by atoms with Crippen LogP contribution in [-0.2, 0) is 14.6 Å². The molecule has 3 aliphatic heterocycles. The third kappa shape index (κ3) is 4.02. The molecule has 0 aromatic heterocycles. The normalized spacial score (nSPS) is 26.6. The van der Waals surface area contributed by atoms with Crippen molar-refractivity contribution in [1.82, 2.24) is 4.90 Å². The van der Waals surface area contributed by atoms with Crippen LogP contribution in [0.2, 0.25) is 0 Å². The van der Waals surface area contributed by atoms with Gasteiger partial charge in [-0.25, -0.2) is 8.42 Å². The van der Waals surface area contributed by atoms with Gasteiger partial charge in [0.1, 0.15) is 0 Å². The number of primary amides is 1. The summed E-state index contributed by atoms with van der Waals surface area (Å²) in [6, 6.07) is 6.99. The zero-order valence-corrected chi connectivity index (χ0v) is 16.8. The van der Waals surface area contributed by atoms with Gasteiger partial charge in [0.25, 0.3) is 5.91 Å². The minimum absolute atomic E-state index is 0.00307. The van der Waals surface area contributed by atoms with Crippen molar-refractivity contribution in [2.45, 2.75) is 24.1 Å². The second-order valence-corrected chi connectivity index (χ2v) is 10.8. The lowest BCUT2D eigenvalue weighted by atomic mass is 9.96. The number of aliphatic imine (C=N–C) groups is 1. The number of nitrogens with zero attached hydrogens (tertiary/aromatic N) is 2. The first-order valence-electron chi connectivity index (χ1n) is 9.21. The lowest BCUT2D eigenvalue weighted by molar-refractivity contribution is -0.123. The molecule has 3 heterocycles. The van der Waals surface area contributed by atoms with Gasteiger partial charge in [0.2, 0.25) is 5.91 Å². The summed E-state index contributed by atoms with van der Waals surface area (Å²) in [6.45, 7) is 1.07. The van der Waals surface area contributed by atoms with Crippen molar-refractivity contribution < 1.29 is 18.0 Å². The van der Waals surface area contributed by atoms with Crippen molar-refractivity contribution in [2.75, 3.05) is 29.9 Å². The van der Waals surface area contributed by atoms with Crippen LogP contribution in [0.25, 0.3) is 0 Å². The first kappa shape index (κ1) is 19.3. The Labute approximate surface area is 167 Å². The van der Waals surface area contributed by atoms with Gasteiger partial charge in [0.05, 0.1) is 17.5 Å². The average molecular weight is 423 g/mol. The summed E-state index contributed by atoms with van der Waals surface area (Å²) < 4.78 is 23.3. The van der Waals surface area contributed by atoms with Crippen LogP contribution in [0, 0.1) is 5.92 Å². The molecule has 2 atom stereocenters. The number of anilines is 1. The molecular weight excluding hydrogens is 400 g/mol. The van der Waals surface area contributed by atoms with Gasteiger partial charge in [-0.15, -0.1) is 0 Å². The fourth-order valence-corrected chi connectivity index (χ4v) is 7.46. The maximum Gasteiger partial charge on any atom is 0.253 e. The number of nitrogens with one attached hydrogen (secondary N) is 1. The Morgan fingerprint density at radius 2 is 1.82 bits per heavy atom. The molecule has 2 fully saturated rings. The summed E-state index contributed by atoms with van der Waals surface area (Å²) in [7, 11) is -2.96. The second kappa shape index (κ2) is 7.40. The van der Waals surface area contributed by atoms with E-state index < -0.39 is 9.84 Å². The van der Waals surface area contributed by atoms with E-state index in [1.54, 1.807) is 17.0 Å². The van der Waals surface area contributed by atoms with E-state index in [9.17, 15) is 18.0 Å². The first-order chi connectivity index (χ1) is 13.3. The monoisotopic (exact) mass is 422 g/mol. The zero-order valence-electron chi connectivity index (χ0n) is 15.2. The summed E-state index contributed by atoms with van der Waals surface area (Å²) in [5, 5.41) is 3.92. The highest BCUT2D eigenvalue weighted by Crippen LogP contribution is 2.34. The molecule has 2 amide bonds. The number of likely N-dealkylation sites (tertiary alicyclic amines) is 1. The number of amidine groups is 1. The van der Waals surface area contributed by atoms with Gasteiger partial charge >= 0.3 is 0 Å². The van der Waals surface area contributed by atoms with E-state index in [0.29, 0.717) is 31.5 Å². The molecule has 3 N–H and O–H groups in total. The van der Waals surface area contributed by atoms with Gasteiger partial charge in [-0.2, -0.15) is 0 Å². The average Bonchev–Trinajstić information content (AvgIpc) is 3.14. The predicted molar refractivity (Wildman–Crippen MR) is 109 cm³/mol. The van der Waals surface area contributed by atoms with E-state index in [0.717, 1.165) is 10.9 Å². The molecule has 1 aromatic carbocycles. The Morgan fingerprint density at radius 1 is 1.14 bits per heavy atom. The highest BCUT2D eigenvalue weighted by atomic mass is 32.2. The van der Waals surface area contributed by atoms with Gasteiger partial charge < -0.3 is 16.0 Å². The number of hydrogen-bond acceptors (Lipinski definition) is 7. The largest absolute Gasteiger partial charge is 0.369 e. The number of carbonyl (C=O) groups excluding carboxylic acids is 2. The zero-order chi connectivity index (χ0) is 19.9. The molecule has 1 aromatic rings. The molecule has 0 bridgehead atoms. The number of nitrogens with two attached hydrogens (primary N) is 1. The number of piperidine rings is 1. The Hall–Kier alpha value is -2.07. The molecular formula is C18H22N4O4S2. The standard InChI is InChI=1S/C18H22N4O4S2/c19-16(23)11-5-7-22(8-6-11)17(24)12-1-3-13(4-2-12)20-18-21-14-9-28(25,26)10-15(14)27-18/h1-4,11,14-15H,5-10H2,(H2,19,23)(H,20,21)/t14-,15+/m0/s1. The van der Waals surface area contributed by atoms with Gasteiger partial charge in [-0.1, -0.05) is 11.8 Å². The lowest BCUT2D eigenvalue weighted by Gasteiger charge is -2.30. The number of carbonyl (C=O) groups is 2. The molecule has 3 aliphatic rings. The molecule has 0 aliphatic carbocycles. The van der Waals surface area contributed by atoms with Gasteiger partial charge in [0, 0.05) is 35.5 Å². The quantitative estimate of drug-likeness (QED) is 0.740. The molecule has 8 nitrogen and oxygen atoms in total. The van der Waals surface area contributed by atoms with Crippen LogP contribution in [0.3, 0.4) is 0 Å². The van der Waals surface area contributed by atoms with Crippen molar-refractivity contribution in [3.05, 3.63) is 29.8 Å². The van der Waals surface area contributed by atoms with Crippen molar-refractivity contribution in [1.29, 1.82) is 0 Å². The summed E-state index contributed by atoms with van der Waals surface area (Å²) in [5.41, 5.74) is 6.73. The van der Waals surface area contributed by atoms with Crippen molar-refractivity contribution in [3.63, 3.8) is 0 Å². The number of benzene rings is 1. The van der Waals surface area contributed by atoms with Crippen molar-refractivity contribution >= 4 is 44.3 Å². The van der Waals surface area contributed by atoms with Crippen LogP contribution in [0.4, 0.5) is 5.69 Å². The summed E-state index contributed by atoms with van der Waals surface area (Å²) >= 11 is 1.46. The van der Waals surface area contributed by atoms with Gasteiger partial charge in [-0.05, 0) is 37.1 Å². The van der Waals surface area contributed by atoms with E-state index in [1.807, 2.05) is 12.1 Å². The maximum absolute atomic E-state index is 12.6. The lowest BCUT2D eigenvalue weighted by Crippen LogP contribution is -2.41. The number of sulfone groups is 1. The molecule has 2 saturated heterocycles. The van der Waals surface area contributed by atoms with Crippen molar-refractivity contribution in [3.8, 4) is 0 Å². The fourth-order valence-electron chi connectivity index (χ4n) is 3.79. The smallest absolute Gasteiger partial charge is 0.253 e. The highest BCUT2D eigenvalue weighted by molar-refractivity contribution is 8.15. The SMILES string of the molecule is NC(=O)C1CCN(C(=O)c2ccc(NC3=N[C@H]4CS(=O)(=O)C[C@H]4S3)cc2)CC1. The summed E-state index contributed by atoms with van der Waals surface area (Å²) in [5.74, 6) is -0.194. The second-order valence-electron chi connectivity index (χ2n) is 7.41. The van der Waals surface area contributed by atoms with Crippen LogP contribution in [0.15, 0.2) is 29.3 Å². The van der Waals surface area contributed by atoms with Crippen LogP contribution in [-0.4, -0.2) is 66.2 Å². The van der Waals surface area contributed by atoms with E-state index in [-0.39, 0.29) is 40.5 Å². The molecule has 0 unspecified atom stereocenters. The maximum atomic E-state index is 12.6. The minimum Gasteiger partial charge on any atom is -0.369 e. The number of fused-ring (bicyclic) bond motifs is 1. The van der Waals surface area contributed by atoms with E-state index in [2.05, 4.69) is 10.3 Å². The molecule has 0 saturated carbocycles. The van der Waals surface area contributed by atoms with Crippen LogP contribution >= 0.6 is 11.8 Å². The molecule has 10 heteroatoms. The third-order valence-corrected chi connectivity index (χ3v) is 8.53. The minimum atomic E-state index is -2.96. The van der Waals surface area contributed by atoms with E-state index >= 15 is 0 Å². The van der Waals surface area contributed by atoms with Gasteiger partial charge in [-0.3, -0.25) is 14.6 Å². The fraction of sp³-hybridized carbons (Fsp3) is 0.500. The third-order valence-electron chi connectivity index (χ3n) is 5.39. The van der Waals surface area contributed by atoms with Crippen LogP contribution < -0.4 is 11.1 Å². The van der Waals surface area contributed by atoms with Crippen LogP contribution in [0.1, 0.15) is 23.2 Å². The van der Waals surface area contributed by atoms with E-state index in [4.69, 9.17) is 5.73 Å². The molecule has 150 valence electrons. The summed E-state index contributed by atoms with van der Waals surface area (Å²) in [6.07, 6.45) is 1.21. The number of thioether (sulfide) groups is 1. The molecule has 28 heavy (non-hydrogen) atoms. The Morgan fingerprint density at radius 3 is 2.43 bits per heavy atom. The topological polar surface area (TPSA) is 122 Å². The molecule has 0 spiro atoms.